The van der Waals surface area contributed by atoms with Gasteiger partial charge in [-0.05, 0) is 44.9 Å². The van der Waals surface area contributed by atoms with Gasteiger partial charge in [0.05, 0.1) is 0 Å². The molecule has 1 aromatic heterocycles. The van der Waals surface area contributed by atoms with Gasteiger partial charge < -0.3 is 14.0 Å². The molecule has 0 spiro atoms. The third-order valence-corrected chi connectivity index (χ3v) is 3.88. The summed E-state index contributed by atoms with van der Waals surface area (Å²) in [5.74, 6) is -0.523. The number of amides is 1. The standard InChI is InChI=1S/C22H28N2O5/c1-5-13-24(21(27)28-16-17-10-7-6-8-11-17)18-12-9-14-23(20(18)26)15-19(25)29-22(2,3)4/h6-12,14H,5,13,15-16H2,1-4H3. The maximum Gasteiger partial charge on any atom is 0.414 e. The number of anilines is 1. The number of ether oxygens (including phenoxy) is 2. The van der Waals surface area contributed by atoms with Crippen LogP contribution in [0.15, 0.2) is 53.5 Å². The average molecular weight is 400 g/mol. The summed E-state index contributed by atoms with van der Waals surface area (Å²) in [5, 5.41) is 0. The van der Waals surface area contributed by atoms with Gasteiger partial charge in [-0.1, -0.05) is 37.3 Å². The van der Waals surface area contributed by atoms with E-state index in [1.54, 1.807) is 32.9 Å². The first kappa shape index (κ1) is 22.2. The molecule has 29 heavy (non-hydrogen) atoms. The molecule has 0 fully saturated rings. The third-order valence-electron chi connectivity index (χ3n) is 3.88. The molecule has 156 valence electrons. The van der Waals surface area contributed by atoms with Gasteiger partial charge in [-0.2, -0.15) is 0 Å². The Labute approximate surface area is 170 Å². The largest absolute Gasteiger partial charge is 0.459 e. The van der Waals surface area contributed by atoms with Crippen LogP contribution in [0.1, 0.15) is 39.7 Å². The van der Waals surface area contributed by atoms with Crippen LogP contribution in [0.2, 0.25) is 0 Å². The summed E-state index contributed by atoms with van der Waals surface area (Å²) in [4.78, 5) is 38.9. The molecule has 2 aromatic rings. The van der Waals surface area contributed by atoms with Gasteiger partial charge in [0, 0.05) is 12.7 Å². The number of hydrogen-bond donors (Lipinski definition) is 0. The van der Waals surface area contributed by atoms with Crippen molar-refractivity contribution < 1.29 is 19.1 Å². The Balaban J connectivity index is 2.18. The Bertz CT molecular complexity index is 884. The van der Waals surface area contributed by atoms with E-state index in [1.165, 1.54) is 15.7 Å². The van der Waals surface area contributed by atoms with Gasteiger partial charge in [0.15, 0.2) is 0 Å². The lowest BCUT2D eigenvalue weighted by molar-refractivity contribution is -0.155. The summed E-state index contributed by atoms with van der Waals surface area (Å²) in [6.45, 7) is 7.38. The smallest absolute Gasteiger partial charge is 0.414 e. The van der Waals surface area contributed by atoms with Gasteiger partial charge >= 0.3 is 12.1 Å². The normalized spacial score (nSPS) is 11.0. The Kier molecular flexibility index (Phi) is 7.59. The molecule has 2 rings (SSSR count). The fourth-order valence-electron chi connectivity index (χ4n) is 2.70. The van der Waals surface area contributed by atoms with Crippen molar-refractivity contribution in [2.24, 2.45) is 0 Å². The summed E-state index contributed by atoms with van der Waals surface area (Å²) in [6.07, 6.45) is 1.53. The second-order valence-electron chi connectivity index (χ2n) is 7.60. The fraction of sp³-hybridized carbons (Fsp3) is 0.409. The molecule has 7 heteroatoms. The van der Waals surface area contributed by atoms with Gasteiger partial charge in [0.25, 0.3) is 5.56 Å². The Hall–Kier alpha value is -3.09. The zero-order valence-corrected chi connectivity index (χ0v) is 17.4. The van der Waals surface area contributed by atoms with E-state index in [1.807, 2.05) is 37.3 Å². The molecule has 0 aliphatic heterocycles. The van der Waals surface area contributed by atoms with Crippen molar-refractivity contribution in [3.63, 3.8) is 0 Å². The van der Waals surface area contributed by atoms with Gasteiger partial charge in [-0.15, -0.1) is 0 Å². The van der Waals surface area contributed by atoms with E-state index in [4.69, 9.17) is 9.47 Å². The van der Waals surface area contributed by atoms with Gasteiger partial charge in [-0.25, -0.2) is 4.79 Å². The van der Waals surface area contributed by atoms with Crippen LogP contribution >= 0.6 is 0 Å². The van der Waals surface area contributed by atoms with Crippen LogP contribution < -0.4 is 10.5 Å². The molecule has 0 unspecified atom stereocenters. The number of benzene rings is 1. The van der Waals surface area contributed by atoms with E-state index in [0.717, 1.165) is 5.56 Å². The zero-order chi connectivity index (χ0) is 21.4. The summed E-state index contributed by atoms with van der Waals surface area (Å²) in [7, 11) is 0. The molecule has 1 heterocycles. The first-order chi connectivity index (χ1) is 13.7. The van der Waals surface area contributed by atoms with Crippen LogP contribution in [-0.4, -0.2) is 28.8 Å². The van der Waals surface area contributed by atoms with Gasteiger partial charge in [0.1, 0.15) is 24.4 Å². The van der Waals surface area contributed by atoms with Crippen LogP contribution in [0.3, 0.4) is 0 Å². The van der Waals surface area contributed by atoms with Crippen molar-refractivity contribution in [1.82, 2.24) is 4.57 Å². The summed E-state index contributed by atoms with van der Waals surface area (Å²) in [6, 6.07) is 12.5. The highest BCUT2D eigenvalue weighted by molar-refractivity contribution is 5.87. The van der Waals surface area contributed by atoms with Crippen molar-refractivity contribution in [2.45, 2.75) is 52.9 Å². The molecule has 0 bridgehead atoms. The number of rotatable bonds is 7. The maximum absolute atomic E-state index is 12.9. The zero-order valence-electron chi connectivity index (χ0n) is 17.4. The number of carbonyl (C=O) groups excluding carboxylic acids is 2. The molecular formula is C22H28N2O5. The second kappa shape index (κ2) is 9.91. The number of esters is 1. The van der Waals surface area contributed by atoms with Crippen molar-refractivity contribution in [2.75, 3.05) is 11.4 Å². The first-order valence-corrected chi connectivity index (χ1v) is 9.61. The minimum absolute atomic E-state index is 0.110. The molecule has 0 atom stereocenters. The minimum Gasteiger partial charge on any atom is -0.459 e. The van der Waals surface area contributed by atoms with Crippen LogP contribution in [0.4, 0.5) is 10.5 Å². The predicted octanol–water partition coefficient (Wildman–Crippen LogP) is 3.74. The molecular weight excluding hydrogens is 372 g/mol. The highest BCUT2D eigenvalue weighted by Gasteiger charge is 2.22. The summed E-state index contributed by atoms with van der Waals surface area (Å²) < 4.78 is 11.9. The number of hydrogen-bond acceptors (Lipinski definition) is 5. The molecule has 0 N–H and O–H groups in total. The SMILES string of the molecule is CCCN(C(=O)OCc1ccccc1)c1cccn(CC(=O)OC(C)(C)C)c1=O. The van der Waals surface area contributed by atoms with E-state index in [9.17, 15) is 14.4 Å². The maximum atomic E-state index is 12.9. The van der Waals surface area contributed by atoms with Crippen molar-refractivity contribution in [3.8, 4) is 0 Å². The lowest BCUT2D eigenvalue weighted by Gasteiger charge is -2.22. The van der Waals surface area contributed by atoms with Crippen molar-refractivity contribution >= 4 is 17.7 Å². The second-order valence-corrected chi connectivity index (χ2v) is 7.60. The highest BCUT2D eigenvalue weighted by Crippen LogP contribution is 2.13. The Morgan fingerprint density at radius 1 is 1.07 bits per heavy atom. The quantitative estimate of drug-likeness (QED) is 0.662. The third kappa shape index (κ3) is 6.78. The van der Waals surface area contributed by atoms with Crippen LogP contribution in [0.25, 0.3) is 0 Å². The monoisotopic (exact) mass is 400 g/mol. The number of carbonyl (C=O) groups is 2. The molecule has 0 radical (unpaired) electrons. The molecule has 1 aromatic carbocycles. The van der Waals surface area contributed by atoms with E-state index >= 15 is 0 Å². The number of aromatic nitrogens is 1. The predicted molar refractivity (Wildman–Crippen MR) is 111 cm³/mol. The minimum atomic E-state index is -0.645. The van der Waals surface area contributed by atoms with Gasteiger partial charge in [0.2, 0.25) is 0 Å². The molecule has 7 nitrogen and oxygen atoms in total. The molecule has 1 amide bonds. The Morgan fingerprint density at radius 2 is 1.76 bits per heavy atom. The van der Waals surface area contributed by atoms with E-state index in [-0.39, 0.29) is 18.8 Å². The molecule has 0 aliphatic rings. The van der Waals surface area contributed by atoms with Crippen molar-refractivity contribution in [3.05, 3.63) is 64.6 Å². The lowest BCUT2D eigenvalue weighted by atomic mass is 10.2. The van der Waals surface area contributed by atoms with E-state index in [0.29, 0.717) is 13.0 Å². The molecule has 0 saturated carbocycles. The van der Waals surface area contributed by atoms with Crippen LogP contribution in [0, 0.1) is 0 Å². The average Bonchev–Trinajstić information content (AvgIpc) is 2.65. The Morgan fingerprint density at radius 3 is 2.38 bits per heavy atom. The number of pyridine rings is 1. The van der Waals surface area contributed by atoms with Gasteiger partial charge in [-0.3, -0.25) is 14.5 Å². The summed E-state index contributed by atoms with van der Waals surface area (Å²) in [5.41, 5.74) is -0.0829. The lowest BCUT2D eigenvalue weighted by Crippen LogP contribution is -2.38. The number of nitrogens with zero attached hydrogens (tertiary/aromatic N) is 2. The molecule has 0 saturated heterocycles. The van der Waals surface area contributed by atoms with Crippen LogP contribution in [0.5, 0.6) is 0 Å². The van der Waals surface area contributed by atoms with Crippen molar-refractivity contribution in [1.29, 1.82) is 0 Å². The molecule has 0 aliphatic carbocycles. The fourth-order valence-corrected chi connectivity index (χ4v) is 2.70. The van der Waals surface area contributed by atoms with Crippen LogP contribution in [-0.2, 0) is 27.4 Å². The summed E-state index contributed by atoms with van der Waals surface area (Å²) >= 11 is 0. The first-order valence-electron chi connectivity index (χ1n) is 9.61. The highest BCUT2D eigenvalue weighted by atomic mass is 16.6. The van der Waals surface area contributed by atoms with E-state index in [2.05, 4.69) is 0 Å². The topological polar surface area (TPSA) is 77.8 Å². The van der Waals surface area contributed by atoms with E-state index < -0.39 is 23.2 Å².